The van der Waals surface area contributed by atoms with Crippen molar-refractivity contribution in [2.75, 3.05) is 17.0 Å². The third kappa shape index (κ3) is 4.41. The Kier molecular flexibility index (Phi) is 5.09. The molecule has 12 heteroatoms. The number of nitro benzene ring substituents is 1. The number of hydrogen-bond acceptors (Lipinski definition) is 9. The quantitative estimate of drug-likeness (QED) is 0.207. The van der Waals surface area contributed by atoms with E-state index in [0.717, 1.165) is 16.4 Å². The predicted molar refractivity (Wildman–Crippen MR) is 84.4 cm³/mol. The van der Waals surface area contributed by atoms with Crippen LogP contribution >= 0.6 is 11.8 Å². The van der Waals surface area contributed by atoms with Gasteiger partial charge in [-0.25, -0.2) is 10.1 Å². The summed E-state index contributed by atoms with van der Waals surface area (Å²) >= 11 is 1.03. The Morgan fingerprint density at radius 2 is 2.30 bits per heavy atom. The number of nitrogen functional groups attached to an aromatic ring is 1. The number of hydrazone groups is 1. The number of carbonyl (C=O) groups is 1. The molecule has 120 valence electrons. The number of benzene rings is 1. The van der Waals surface area contributed by atoms with Gasteiger partial charge in [0.05, 0.1) is 16.9 Å². The first-order chi connectivity index (χ1) is 11.0. The molecular weight excluding hydrogens is 324 g/mol. The highest BCUT2D eigenvalue weighted by Crippen LogP contribution is 2.16. The van der Waals surface area contributed by atoms with E-state index in [0.29, 0.717) is 5.56 Å². The number of primary amides is 1. The minimum Gasteiger partial charge on any atom is -0.369 e. The van der Waals surface area contributed by atoms with Crippen LogP contribution in [0.25, 0.3) is 0 Å². The summed E-state index contributed by atoms with van der Waals surface area (Å²) in [6.07, 6.45) is 1.37. The van der Waals surface area contributed by atoms with Crippen molar-refractivity contribution < 1.29 is 9.72 Å². The van der Waals surface area contributed by atoms with Gasteiger partial charge in [0.1, 0.15) is 0 Å². The number of hydrogen-bond donors (Lipinski definition) is 3. The molecular formula is C11H12N8O3S. The van der Waals surface area contributed by atoms with Gasteiger partial charge in [0.15, 0.2) is 0 Å². The number of nitrogens with one attached hydrogen (secondary N) is 1. The molecule has 0 saturated heterocycles. The van der Waals surface area contributed by atoms with Crippen LogP contribution in [0.2, 0.25) is 0 Å². The lowest BCUT2D eigenvalue weighted by atomic mass is 10.2. The van der Waals surface area contributed by atoms with Crippen LogP contribution in [0.15, 0.2) is 34.5 Å². The Hall–Kier alpha value is -3.15. The molecule has 0 aliphatic rings. The average molecular weight is 336 g/mol. The Labute approximate surface area is 133 Å². The highest BCUT2D eigenvalue weighted by Gasteiger charge is 2.10. The van der Waals surface area contributed by atoms with Gasteiger partial charge < -0.3 is 11.6 Å². The van der Waals surface area contributed by atoms with Crippen LogP contribution in [-0.4, -0.2) is 37.7 Å². The van der Waals surface area contributed by atoms with Crippen LogP contribution in [0.3, 0.4) is 0 Å². The molecule has 0 atom stereocenters. The molecule has 1 heterocycles. The zero-order valence-corrected chi connectivity index (χ0v) is 12.4. The van der Waals surface area contributed by atoms with Gasteiger partial charge in [-0.05, 0) is 0 Å². The third-order valence-electron chi connectivity index (χ3n) is 2.47. The molecule has 0 unspecified atom stereocenters. The van der Waals surface area contributed by atoms with Crippen LogP contribution in [0.5, 0.6) is 0 Å². The van der Waals surface area contributed by atoms with Gasteiger partial charge in [-0.3, -0.25) is 14.9 Å². The van der Waals surface area contributed by atoms with E-state index in [1.54, 1.807) is 12.1 Å². The van der Waals surface area contributed by atoms with Crippen molar-refractivity contribution >= 4 is 35.5 Å². The molecule has 1 amide bonds. The standard InChI is InChI=1S/C11H12N8O3S/c12-9(20)6-23-11-17-16-10(18(11)13)15-14-5-7-2-1-3-8(4-7)19(21)22/h1-5H,6,13H2,(H2,12,20)(H,15,16)/b14-5+. The smallest absolute Gasteiger partial charge is 0.270 e. The zero-order valence-electron chi connectivity index (χ0n) is 11.6. The summed E-state index contributed by atoms with van der Waals surface area (Å²) < 4.78 is 1.11. The molecule has 0 radical (unpaired) electrons. The third-order valence-corrected chi connectivity index (χ3v) is 3.43. The average Bonchev–Trinajstić information content (AvgIpc) is 2.86. The summed E-state index contributed by atoms with van der Waals surface area (Å²) in [5.74, 6) is 5.38. The first-order valence-corrected chi connectivity index (χ1v) is 7.11. The highest BCUT2D eigenvalue weighted by molar-refractivity contribution is 7.99. The minimum atomic E-state index is -0.504. The number of nitrogens with two attached hydrogens (primary N) is 2. The number of nitrogens with zero attached hydrogens (tertiary/aromatic N) is 5. The Morgan fingerprint density at radius 3 is 3.00 bits per heavy atom. The van der Waals surface area contributed by atoms with Gasteiger partial charge in [-0.15, -0.1) is 10.2 Å². The van der Waals surface area contributed by atoms with Crippen LogP contribution in [0.4, 0.5) is 11.6 Å². The van der Waals surface area contributed by atoms with Gasteiger partial charge in [0, 0.05) is 17.7 Å². The van der Waals surface area contributed by atoms with Crippen molar-refractivity contribution in [2.45, 2.75) is 5.16 Å². The van der Waals surface area contributed by atoms with Crippen molar-refractivity contribution in [1.82, 2.24) is 14.9 Å². The number of thioether (sulfide) groups is 1. The van der Waals surface area contributed by atoms with Gasteiger partial charge in [-0.1, -0.05) is 23.9 Å². The van der Waals surface area contributed by atoms with Crippen molar-refractivity contribution in [3.63, 3.8) is 0 Å². The number of non-ortho nitro benzene ring substituents is 1. The summed E-state index contributed by atoms with van der Waals surface area (Å²) in [5, 5.41) is 22.4. The van der Waals surface area contributed by atoms with Crippen LogP contribution in [0, 0.1) is 10.1 Å². The SMILES string of the molecule is NC(=O)CSc1nnc(N/N=C/c2cccc([N+](=O)[O-])c2)n1N. The van der Waals surface area contributed by atoms with E-state index >= 15 is 0 Å². The number of rotatable bonds is 7. The molecule has 0 spiro atoms. The summed E-state index contributed by atoms with van der Waals surface area (Å²) in [4.78, 5) is 20.9. The monoisotopic (exact) mass is 336 g/mol. The highest BCUT2D eigenvalue weighted by atomic mass is 32.2. The topological polar surface area (TPSA) is 167 Å². The lowest BCUT2D eigenvalue weighted by Gasteiger charge is -2.01. The molecule has 1 aromatic carbocycles. The molecule has 5 N–H and O–H groups in total. The maximum atomic E-state index is 10.7. The number of amides is 1. The molecule has 0 saturated carbocycles. The fourth-order valence-electron chi connectivity index (χ4n) is 1.47. The fourth-order valence-corrected chi connectivity index (χ4v) is 2.07. The molecule has 2 aromatic rings. The van der Waals surface area contributed by atoms with Crippen LogP contribution < -0.4 is 17.0 Å². The maximum Gasteiger partial charge on any atom is 0.270 e. The lowest BCUT2D eigenvalue weighted by molar-refractivity contribution is -0.384. The number of carbonyl (C=O) groups excluding carboxylic acids is 1. The van der Waals surface area contributed by atoms with E-state index < -0.39 is 10.8 Å². The van der Waals surface area contributed by atoms with Gasteiger partial charge in [-0.2, -0.15) is 5.10 Å². The first kappa shape index (κ1) is 16.2. The predicted octanol–water partition coefficient (Wildman–Crippen LogP) is -0.0765. The zero-order chi connectivity index (χ0) is 16.8. The number of aromatic nitrogens is 3. The molecule has 23 heavy (non-hydrogen) atoms. The second-order valence-corrected chi connectivity index (χ2v) is 5.10. The molecule has 0 aliphatic carbocycles. The van der Waals surface area contributed by atoms with E-state index in [1.165, 1.54) is 18.3 Å². The second kappa shape index (κ2) is 7.22. The largest absolute Gasteiger partial charge is 0.369 e. The minimum absolute atomic E-state index is 0.0201. The normalized spacial score (nSPS) is 10.8. The second-order valence-electron chi connectivity index (χ2n) is 4.15. The summed E-state index contributed by atoms with van der Waals surface area (Å²) in [5.41, 5.74) is 8.07. The van der Waals surface area contributed by atoms with Crippen molar-refractivity contribution in [2.24, 2.45) is 10.8 Å². The number of anilines is 1. The van der Waals surface area contributed by atoms with Crippen LogP contribution in [-0.2, 0) is 4.79 Å². The Balaban J connectivity index is 2.02. The van der Waals surface area contributed by atoms with Crippen LogP contribution in [0.1, 0.15) is 5.56 Å². The summed E-state index contributed by atoms with van der Waals surface area (Å²) in [7, 11) is 0. The maximum absolute atomic E-state index is 10.7. The molecule has 0 bridgehead atoms. The van der Waals surface area contributed by atoms with Crippen molar-refractivity contribution in [3.8, 4) is 0 Å². The van der Waals surface area contributed by atoms with Gasteiger partial charge in [0.2, 0.25) is 11.1 Å². The first-order valence-electron chi connectivity index (χ1n) is 6.12. The van der Waals surface area contributed by atoms with Crippen molar-refractivity contribution in [1.29, 1.82) is 0 Å². The Bertz CT molecular complexity index is 759. The van der Waals surface area contributed by atoms with E-state index in [-0.39, 0.29) is 22.5 Å². The van der Waals surface area contributed by atoms with E-state index in [4.69, 9.17) is 11.6 Å². The van der Waals surface area contributed by atoms with E-state index in [1.807, 2.05) is 0 Å². The van der Waals surface area contributed by atoms with E-state index in [2.05, 4.69) is 20.7 Å². The lowest BCUT2D eigenvalue weighted by Crippen LogP contribution is -2.16. The van der Waals surface area contributed by atoms with Gasteiger partial charge in [0.25, 0.3) is 11.6 Å². The number of nitro groups is 1. The molecule has 0 fully saturated rings. The molecule has 2 rings (SSSR count). The van der Waals surface area contributed by atoms with E-state index in [9.17, 15) is 14.9 Å². The summed E-state index contributed by atoms with van der Waals surface area (Å²) in [6.45, 7) is 0. The molecule has 11 nitrogen and oxygen atoms in total. The Morgan fingerprint density at radius 1 is 1.52 bits per heavy atom. The fraction of sp³-hybridized carbons (Fsp3) is 0.0909. The molecule has 0 aliphatic heterocycles. The molecule has 1 aromatic heterocycles. The van der Waals surface area contributed by atoms with Crippen molar-refractivity contribution in [3.05, 3.63) is 39.9 Å². The van der Waals surface area contributed by atoms with Gasteiger partial charge >= 0.3 is 0 Å². The summed E-state index contributed by atoms with van der Waals surface area (Å²) in [6, 6.07) is 5.94.